The lowest BCUT2D eigenvalue weighted by Gasteiger charge is -2.08. The summed E-state index contributed by atoms with van der Waals surface area (Å²) in [5, 5.41) is 2.84. The van der Waals surface area contributed by atoms with E-state index in [2.05, 4.69) is 11.9 Å². The molecule has 3 nitrogen and oxygen atoms in total. The highest BCUT2D eigenvalue weighted by atomic mass is 32.2. The molecule has 0 fully saturated rings. The number of anilines is 1. The SMILES string of the molecule is C=C(C)COc1ccc(NC(=O)CCSC)cc1. The highest BCUT2D eigenvalue weighted by molar-refractivity contribution is 7.98. The van der Waals surface area contributed by atoms with Gasteiger partial charge in [-0.15, -0.1) is 0 Å². The first-order valence-corrected chi connectivity index (χ1v) is 7.17. The van der Waals surface area contributed by atoms with Gasteiger partial charge in [0.2, 0.25) is 5.91 Å². The van der Waals surface area contributed by atoms with Crippen LogP contribution in [-0.2, 0) is 4.79 Å². The fourth-order valence-corrected chi connectivity index (χ4v) is 1.65. The molecule has 98 valence electrons. The van der Waals surface area contributed by atoms with Crippen molar-refractivity contribution in [3.05, 3.63) is 36.4 Å². The monoisotopic (exact) mass is 265 g/mol. The molecule has 1 aromatic carbocycles. The van der Waals surface area contributed by atoms with E-state index in [4.69, 9.17) is 4.74 Å². The Labute approximate surface area is 113 Å². The van der Waals surface area contributed by atoms with Crippen LogP contribution in [0, 0.1) is 0 Å². The summed E-state index contributed by atoms with van der Waals surface area (Å²) in [6.07, 6.45) is 2.52. The fourth-order valence-electron chi connectivity index (χ4n) is 1.26. The van der Waals surface area contributed by atoms with Crippen molar-refractivity contribution >= 4 is 23.4 Å². The molecule has 0 bridgehead atoms. The van der Waals surface area contributed by atoms with Crippen molar-refractivity contribution in [3.63, 3.8) is 0 Å². The summed E-state index contributed by atoms with van der Waals surface area (Å²) >= 11 is 1.66. The number of rotatable bonds is 7. The number of hydrogen-bond acceptors (Lipinski definition) is 3. The molecule has 0 aliphatic heterocycles. The summed E-state index contributed by atoms with van der Waals surface area (Å²) in [6, 6.07) is 7.36. The zero-order valence-corrected chi connectivity index (χ0v) is 11.7. The maximum absolute atomic E-state index is 11.5. The summed E-state index contributed by atoms with van der Waals surface area (Å²) in [5.74, 6) is 1.66. The lowest BCUT2D eigenvalue weighted by molar-refractivity contribution is -0.115. The van der Waals surface area contributed by atoms with E-state index in [0.717, 1.165) is 22.8 Å². The Morgan fingerprint density at radius 3 is 2.61 bits per heavy atom. The van der Waals surface area contributed by atoms with Crippen molar-refractivity contribution in [2.45, 2.75) is 13.3 Å². The van der Waals surface area contributed by atoms with Crippen LogP contribution in [0.2, 0.25) is 0 Å². The number of ether oxygens (including phenoxy) is 1. The van der Waals surface area contributed by atoms with Gasteiger partial charge in [0.05, 0.1) is 0 Å². The number of amides is 1. The van der Waals surface area contributed by atoms with Crippen LogP contribution < -0.4 is 10.1 Å². The molecule has 1 aromatic rings. The topological polar surface area (TPSA) is 38.3 Å². The van der Waals surface area contributed by atoms with E-state index in [-0.39, 0.29) is 5.91 Å². The number of benzene rings is 1. The van der Waals surface area contributed by atoms with Crippen LogP contribution >= 0.6 is 11.8 Å². The average molecular weight is 265 g/mol. The van der Waals surface area contributed by atoms with E-state index in [1.165, 1.54) is 0 Å². The molecular weight excluding hydrogens is 246 g/mol. The Balaban J connectivity index is 2.44. The van der Waals surface area contributed by atoms with Crippen molar-refractivity contribution in [1.29, 1.82) is 0 Å². The quantitative estimate of drug-likeness (QED) is 0.768. The largest absolute Gasteiger partial charge is 0.489 e. The van der Waals surface area contributed by atoms with Gasteiger partial charge in [-0.05, 0) is 43.0 Å². The predicted molar refractivity (Wildman–Crippen MR) is 78.4 cm³/mol. The fraction of sp³-hybridized carbons (Fsp3) is 0.357. The van der Waals surface area contributed by atoms with Crippen LogP contribution in [0.1, 0.15) is 13.3 Å². The first-order chi connectivity index (χ1) is 8.61. The lowest BCUT2D eigenvalue weighted by Crippen LogP contribution is -2.11. The van der Waals surface area contributed by atoms with Crippen molar-refractivity contribution in [1.82, 2.24) is 0 Å². The molecule has 1 amide bonds. The molecule has 0 heterocycles. The number of carbonyl (C=O) groups is 1. The minimum absolute atomic E-state index is 0.0416. The van der Waals surface area contributed by atoms with Crippen molar-refractivity contribution < 1.29 is 9.53 Å². The minimum Gasteiger partial charge on any atom is -0.489 e. The molecule has 1 rings (SSSR count). The van der Waals surface area contributed by atoms with Crippen molar-refractivity contribution in [2.75, 3.05) is 23.9 Å². The first-order valence-electron chi connectivity index (χ1n) is 5.78. The molecule has 1 N–H and O–H groups in total. The number of nitrogens with one attached hydrogen (secondary N) is 1. The highest BCUT2D eigenvalue weighted by Gasteiger charge is 2.02. The molecule has 0 saturated heterocycles. The lowest BCUT2D eigenvalue weighted by atomic mass is 10.3. The van der Waals surface area contributed by atoms with Crippen molar-refractivity contribution in [3.8, 4) is 5.75 Å². The maximum atomic E-state index is 11.5. The summed E-state index contributed by atoms with van der Waals surface area (Å²) < 4.78 is 5.48. The molecule has 0 saturated carbocycles. The van der Waals surface area contributed by atoms with E-state index in [1.807, 2.05) is 37.4 Å². The van der Waals surface area contributed by atoms with Gasteiger partial charge in [0, 0.05) is 17.9 Å². The number of hydrogen-bond donors (Lipinski definition) is 1. The van der Waals surface area contributed by atoms with Gasteiger partial charge < -0.3 is 10.1 Å². The molecular formula is C14H19NO2S. The third-order valence-corrected chi connectivity index (χ3v) is 2.77. The molecule has 0 aliphatic rings. The predicted octanol–water partition coefficient (Wildman–Crippen LogP) is 3.33. The Morgan fingerprint density at radius 1 is 1.39 bits per heavy atom. The molecule has 4 heteroatoms. The first kappa shape index (κ1) is 14.6. The van der Waals surface area contributed by atoms with Crippen LogP contribution in [0.3, 0.4) is 0 Å². The minimum atomic E-state index is 0.0416. The molecule has 0 spiro atoms. The van der Waals surface area contributed by atoms with Gasteiger partial charge in [0.15, 0.2) is 0 Å². The summed E-state index contributed by atoms with van der Waals surface area (Å²) in [6.45, 7) is 6.20. The van der Waals surface area contributed by atoms with Gasteiger partial charge in [-0.1, -0.05) is 6.58 Å². The standard InChI is InChI=1S/C14H19NO2S/c1-11(2)10-17-13-6-4-12(5-7-13)15-14(16)8-9-18-3/h4-7H,1,8-10H2,2-3H3,(H,15,16). The van der Waals surface area contributed by atoms with Crippen LogP contribution in [0.15, 0.2) is 36.4 Å². The summed E-state index contributed by atoms with van der Waals surface area (Å²) in [4.78, 5) is 11.5. The van der Waals surface area contributed by atoms with Crippen molar-refractivity contribution in [2.24, 2.45) is 0 Å². The van der Waals surface area contributed by atoms with Crippen LogP contribution in [0.5, 0.6) is 5.75 Å². The Hall–Kier alpha value is -1.42. The third-order valence-electron chi connectivity index (χ3n) is 2.16. The van der Waals surface area contributed by atoms with E-state index < -0.39 is 0 Å². The van der Waals surface area contributed by atoms with E-state index in [0.29, 0.717) is 13.0 Å². The number of carbonyl (C=O) groups excluding carboxylic acids is 1. The second-order valence-corrected chi connectivity index (χ2v) is 5.05. The summed E-state index contributed by atoms with van der Waals surface area (Å²) in [7, 11) is 0. The molecule has 0 aromatic heterocycles. The normalized spacial score (nSPS) is 9.89. The van der Waals surface area contributed by atoms with Gasteiger partial charge >= 0.3 is 0 Å². The second-order valence-electron chi connectivity index (χ2n) is 4.06. The number of thioether (sulfide) groups is 1. The van der Waals surface area contributed by atoms with Crippen LogP contribution in [0.4, 0.5) is 5.69 Å². The van der Waals surface area contributed by atoms with Gasteiger partial charge in [-0.3, -0.25) is 4.79 Å². The van der Waals surface area contributed by atoms with Gasteiger partial charge in [-0.2, -0.15) is 11.8 Å². The Kier molecular flexibility index (Phi) is 6.36. The average Bonchev–Trinajstić information content (AvgIpc) is 2.35. The zero-order chi connectivity index (χ0) is 13.4. The molecule has 0 radical (unpaired) electrons. The van der Waals surface area contributed by atoms with E-state index in [9.17, 15) is 4.79 Å². The Bertz CT molecular complexity index is 401. The summed E-state index contributed by atoms with van der Waals surface area (Å²) in [5.41, 5.74) is 1.77. The van der Waals surface area contributed by atoms with Gasteiger partial charge in [0.1, 0.15) is 12.4 Å². The molecule has 0 aliphatic carbocycles. The smallest absolute Gasteiger partial charge is 0.225 e. The van der Waals surface area contributed by atoms with E-state index >= 15 is 0 Å². The van der Waals surface area contributed by atoms with Crippen LogP contribution in [0.25, 0.3) is 0 Å². The molecule has 0 atom stereocenters. The molecule has 0 unspecified atom stereocenters. The second kappa shape index (κ2) is 7.82. The Morgan fingerprint density at radius 2 is 2.06 bits per heavy atom. The maximum Gasteiger partial charge on any atom is 0.225 e. The molecule has 18 heavy (non-hydrogen) atoms. The van der Waals surface area contributed by atoms with E-state index in [1.54, 1.807) is 11.8 Å². The zero-order valence-electron chi connectivity index (χ0n) is 10.9. The third kappa shape index (κ3) is 5.77. The van der Waals surface area contributed by atoms with Crippen LogP contribution in [-0.4, -0.2) is 24.5 Å². The highest BCUT2D eigenvalue weighted by Crippen LogP contribution is 2.16. The van der Waals surface area contributed by atoms with Gasteiger partial charge in [0.25, 0.3) is 0 Å². The van der Waals surface area contributed by atoms with Gasteiger partial charge in [-0.25, -0.2) is 0 Å².